The van der Waals surface area contributed by atoms with E-state index >= 15 is 0 Å². The summed E-state index contributed by atoms with van der Waals surface area (Å²) in [6.45, 7) is 1.75. The molecule has 108 valence electrons. The molecule has 1 atom stereocenters. The summed E-state index contributed by atoms with van der Waals surface area (Å²) < 4.78 is 27.4. The van der Waals surface area contributed by atoms with Gasteiger partial charge in [-0.15, -0.1) is 0 Å². The smallest absolute Gasteiger partial charge is 0.246 e. The van der Waals surface area contributed by atoms with Crippen LogP contribution < -0.4 is 10.6 Å². The van der Waals surface area contributed by atoms with Gasteiger partial charge in [-0.2, -0.15) is 0 Å². The first-order chi connectivity index (χ1) is 10.0. The molecule has 5 heteroatoms. The summed E-state index contributed by atoms with van der Waals surface area (Å²) in [6, 6.07) is 8.80. The topological polar surface area (TPSA) is 41.1 Å². The fourth-order valence-electron chi connectivity index (χ4n) is 2.37. The van der Waals surface area contributed by atoms with Gasteiger partial charge in [0.2, 0.25) is 5.91 Å². The Morgan fingerprint density at radius 3 is 2.52 bits per heavy atom. The van der Waals surface area contributed by atoms with Crippen LogP contribution in [-0.4, -0.2) is 11.9 Å². The van der Waals surface area contributed by atoms with E-state index in [0.29, 0.717) is 5.69 Å². The first-order valence-corrected chi connectivity index (χ1v) is 6.68. The number of amides is 1. The predicted octanol–water partition coefficient (Wildman–Crippen LogP) is 3.31. The van der Waals surface area contributed by atoms with Crippen molar-refractivity contribution in [1.29, 1.82) is 0 Å². The molecule has 2 aromatic carbocycles. The van der Waals surface area contributed by atoms with Gasteiger partial charge in [0, 0.05) is 12.0 Å². The Hall–Kier alpha value is -2.43. The number of benzene rings is 2. The number of fused-ring (bicyclic) bond motifs is 1. The summed E-state index contributed by atoms with van der Waals surface area (Å²) in [7, 11) is 0. The van der Waals surface area contributed by atoms with Gasteiger partial charge in [-0.3, -0.25) is 4.79 Å². The van der Waals surface area contributed by atoms with Crippen LogP contribution in [0.3, 0.4) is 0 Å². The van der Waals surface area contributed by atoms with Gasteiger partial charge in [0.05, 0.1) is 11.4 Å². The van der Waals surface area contributed by atoms with Crippen molar-refractivity contribution in [3.8, 4) is 0 Å². The molecule has 0 aliphatic carbocycles. The van der Waals surface area contributed by atoms with Gasteiger partial charge < -0.3 is 10.6 Å². The molecular formula is C16H14F2N2O. The van der Waals surface area contributed by atoms with Gasteiger partial charge in [0.25, 0.3) is 0 Å². The lowest BCUT2D eigenvalue weighted by atomic mass is 10.0. The highest BCUT2D eigenvalue weighted by atomic mass is 19.1. The molecular weight excluding hydrogens is 274 g/mol. The molecule has 0 saturated heterocycles. The number of anilines is 2. The molecule has 0 fully saturated rings. The van der Waals surface area contributed by atoms with Gasteiger partial charge >= 0.3 is 0 Å². The van der Waals surface area contributed by atoms with Crippen LogP contribution in [0.25, 0.3) is 0 Å². The summed E-state index contributed by atoms with van der Waals surface area (Å²) in [5.74, 6) is -1.21. The van der Waals surface area contributed by atoms with E-state index in [1.807, 2.05) is 0 Å². The van der Waals surface area contributed by atoms with E-state index in [0.717, 1.165) is 11.3 Å². The molecule has 0 aromatic heterocycles. The summed E-state index contributed by atoms with van der Waals surface area (Å²) in [6.07, 6.45) is 0.162. The Kier molecular flexibility index (Phi) is 3.33. The standard InChI is InChI=1S/C16H14F2N2O/c1-9-16(21)20-14-6-5-10(8-15(14)19-9)7-11-12(17)3-2-4-13(11)18/h2-6,8-9,19H,7H2,1H3,(H,20,21). The van der Waals surface area contributed by atoms with Crippen LogP contribution in [0.5, 0.6) is 0 Å². The van der Waals surface area contributed by atoms with Crippen molar-refractivity contribution in [2.45, 2.75) is 19.4 Å². The lowest BCUT2D eigenvalue weighted by molar-refractivity contribution is -0.116. The first kappa shape index (κ1) is 13.5. The van der Waals surface area contributed by atoms with E-state index in [1.54, 1.807) is 25.1 Å². The lowest BCUT2D eigenvalue weighted by Crippen LogP contribution is -2.36. The molecule has 1 unspecified atom stereocenters. The fraction of sp³-hybridized carbons (Fsp3) is 0.188. The molecule has 2 aromatic rings. The van der Waals surface area contributed by atoms with Crippen molar-refractivity contribution in [2.75, 3.05) is 10.6 Å². The monoisotopic (exact) mass is 288 g/mol. The van der Waals surface area contributed by atoms with Crippen LogP contribution >= 0.6 is 0 Å². The second-order valence-electron chi connectivity index (χ2n) is 5.11. The highest BCUT2D eigenvalue weighted by Gasteiger charge is 2.21. The molecule has 0 spiro atoms. The van der Waals surface area contributed by atoms with Crippen molar-refractivity contribution in [3.63, 3.8) is 0 Å². The van der Waals surface area contributed by atoms with Crippen LogP contribution in [0, 0.1) is 11.6 Å². The molecule has 0 saturated carbocycles. The quantitative estimate of drug-likeness (QED) is 0.890. The van der Waals surface area contributed by atoms with Gasteiger partial charge in [-0.05, 0) is 36.8 Å². The van der Waals surface area contributed by atoms with Crippen LogP contribution in [0.4, 0.5) is 20.2 Å². The summed E-state index contributed by atoms with van der Waals surface area (Å²) in [4.78, 5) is 11.5. The molecule has 1 aliphatic rings. The Bertz CT molecular complexity index is 695. The van der Waals surface area contributed by atoms with E-state index in [9.17, 15) is 13.6 Å². The Morgan fingerprint density at radius 1 is 1.10 bits per heavy atom. The van der Waals surface area contributed by atoms with Crippen molar-refractivity contribution >= 4 is 17.3 Å². The average Bonchev–Trinajstić information content (AvgIpc) is 2.44. The van der Waals surface area contributed by atoms with E-state index < -0.39 is 11.6 Å². The predicted molar refractivity (Wildman–Crippen MR) is 77.3 cm³/mol. The minimum Gasteiger partial charge on any atom is -0.372 e. The van der Waals surface area contributed by atoms with E-state index in [-0.39, 0.29) is 23.9 Å². The van der Waals surface area contributed by atoms with Crippen molar-refractivity contribution in [3.05, 3.63) is 59.2 Å². The first-order valence-electron chi connectivity index (χ1n) is 6.68. The second kappa shape index (κ2) is 5.16. The van der Waals surface area contributed by atoms with Crippen molar-refractivity contribution in [1.82, 2.24) is 0 Å². The molecule has 1 amide bonds. The third-order valence-electron chi connectivity index (χ3n) is 3.55. The molecule has 0 radical (unpaired) electrons. The SMILES string of the molecule is CC1Nc2cc(Cc3c(F)cccc3F)ccc2NC1=O. The number of nitrogens with one attached hydrogen (secondary N) is 2. The molecule has 1 heterocycles. The maximum absolute atomic E-state index is 13.7. The summed E-state index contributed by atoms with van der Waals surface area (Å²) in [5, 5.41) is 5.84. The molecule has 3 nitrogen and oxygen atoms in total. The molecule has 2 N–H and O–H groups in total. The maximum Gasteiger partial charge on any atom is 0.246 e. The van der Waals surface area contributed by atoms with E-state index in [2.05, 4.69) is 10.6 Å². The van der Waals surface area contributed by atoms with Crippen LogP contribution in [0.15, 0.2) is 36.4 Å². The molecule has 0 bridgehead atoms. The third kappa shape index (κ3) is 2.59. The second-order valence-corrected chi connectivity index (χ2v) is 5.11. The number of hydrogen-bond donors (Lipinski definition) is 2. The van der Waals surface area contributed by atoms with Gasteiger partial charge in [-0.25, -0.2) is 8.78 Å². The zero-order chi connectivity index (χ0) is 15.0. The maximum atomic E-state index is 13.7. The number of halogens is 2. The Balaban J connectivity index is 1.91. The minimum atomic E-state index is -0.553. The zero-order valence-corrected chi connectivity index (χ0v) is 11.4. The number of carbonyl (C=O) groups excluding carboxylic acids is 1. The van der Waals surface area contributed by atoms with Gasteiger partial charge in [-0.1, -0.05) is 12.1 Å². The lowest BCUT2D eigenvalue weighted by Gasteiger charge is -2.24. The van der Waals surface area contributed by atoms with Crippen molar-refractivity contribution < 1.29 is 13.6 Å². The highest BCUT2D eigenvalue weighted by molar-refractivity contribution is 6.02. The number of hydrogen-bond acceptors (Lipinski definition) is 2. The Morgan fingerprint density at radius 2 is 1.81 bits per heavy atom. The minimum absolute atomic E-state index is 0.0466. The average molecular weight is 288 g/mol. The number of carbonyl (C=O) groups is 1. The highest BCUT2D eigenvalue weighted by Crippen LogP contribution is 2.29. The fourth-order valence-corrected chi connectivity index (χ4v) is 2.37. The number of rotatable bonds is 2. The van der Waals surface area contributed by atoms with E-state index in [4.69, 9.17) is 0 Å². The molecule has 1 aliphatic heterocycles. The molecule has 3 rings (SSSR count). The van der Waals surface area contributed by atoms with Crippen LogP contribution in [0.2, 0.25) is 0 Å². The van der Waals surface area contributed by atoms with E-state index in [1.165, 1.54) is 18.2 Å². The van der Waals surface area contributed by atoms with Crippen molar-refractivity contribution in [2.24, 2.45) is 0 Å². The zero-order valence-electron chi connectivity index (χ0n) is 11.4. The summed E-state index contributed by atoms with van der Waals surface area (Å²) >= 11 is 0. The van der Waals surface area contributed by atoms with Gasteiger partial charge in [0.15, 0.2) is 0 Å². The van der Waals surface area contributed by atoms with Crippen LogP contribution in [-0.2, 0) is 11.2 Å². The summed E-state index contributed by atoms with van der Waals surface area (Å²) in [5.41, 5.74) is 2.26. The normalized spacial score (nSPS) is 16.9. The molecule has 21 heavy (non-hydrogen) atoms. The third-order valence-corrected chi connectivity index (χ3v) is 3.55. The Labute approximate surface area is 121 Å². The van der Waals surface area contributed by atoms with Crippen LogP contribution in [0.1, 0.15) is 18.1 Å². The largest absolute Gasteiger partial charge is 0.372 e. The van der Waals surface area contributed by atoms with Gasteiger partial charge in [0.1, 0.15) is 17.7 Å².